The standard InChI is InChI=1S/2C8H18N2.Ni/c2*1-6(2)9-8(5)10-7(3)4;/h2*6-7H,1-5H3,(H,9,10);. The third-order valence-corrected chi connectivity index (χ3v) is 1.90. The van der Waals surface area contributed by atoms with Crippen LogP contribution in [0.4, 0.5) is 0 Å². The molecule has 0 aromatic rings. The molecule has 2 N–H and O–H groups in total. The minimum absolute atomic E-state index is 0. The minimum Gasteiger partial charge on any atom is -0.372 e. The Balaban J connectivity index is -0.000000295. The minimum atomic E-state index is 0. The average molecular weight is 343 g/mol. The van der Waals surface area contributed by atoms with Gasteiger partial charge in [-0.2, -0.15) is 0 Å². The summed E-state index contributed by atoms with van der Waals surface area (Å²) in [5.74, 6) is 2.06. The maximum Gasteiger partial charge on any atom is 0.0936 e. The van der Waals surface area contributed by atoms with Crippen molar-refractivity contribution in [3.63, 3.8) is 0 Å². The van der Waals surface area contributed by atoms with E-state index in [9.17, 15) is 0 Å². The Morgan fingerprint density at radius 1 is 0.619 bits per heavy atom. The molecule has 0 rings (SSSR count). The molecule has 0 heterocycles. The normalized spacial score (nSPS) is 12.3. The molecule has 0 fully saturated rings. The molecule has 0 aromatic heterocycles. The molecular weight excluding hydrogens is 307 g/mol. The first-order valence-corrected chi connectivity index (χ1v) is 7.66. The number of amidine groups is 2. The monoisotopic (exact) mass is 342 g/mol. The van der Waals surface area contributed by atoms with Gasteiger partial charge >= 0.3 is 0 Å². The molecule has 130 valence electrons. The van der Waals surface area contributed by atoms with E-state index < -0.39 is 0 Å². The summed E-state index contributed by atoms with van der Waals surface area (Å²) < 4.78 is 0. The predicted octanol–water partition coefficient (Wildman–Crippen LogP) is 3.62. The second-order valence-electron chi connectivity index (χ2n) is 6.21. The zero-order valence-corrected chi connectivity index (χ0v) is 16.5. The van der Waals surface area contributed by atoms with Gasteiger partial charge < -0.3 is 10.6 Å². The number of hydrogen-bond acceptors (Lipinski definition) is 2. The Kier molecular flexibility index (Phi) is 17.4. The molecule has 0 unspecified atom stereocenters. The van der Waals surface area contributed by atoms with Crippen LogP contribution in [0, 0.1) is 0 Å². The van der Waals surface area contributed by atoms with Crippen LogP contribution in [0.3, 0.4) is 0 Å². The topological polar surface area (TPSA) is 48.8 Å². The summed E-state index contributed by atoms with van der Waals surface area (Å²) in [5, 5.41) is 6.45. The number of nitrogens with one attached hydrogen (secondary N) is 2. The molecule has 0 saturated carbocycles. The van der Waals surface area contributed by atoms with Crippen LogP contribution in [0.2, 0.25) is 0 Å². The molecule has 0 spiro atoms. The quantitative estimate of drug-likeness (QED) is 0.465. The molecule has 0 atom stereocenters. The van der Waals surface area contributed by atoms with E-state index in [0.29, 0.717) is 24.2 Å². The fourth-order valence-electron chi connectivity index (χ4n) is 1.68. The van der Waals surface area contributed by atoms with Crippen molar-refractivity contribution in [1.82, 2.24) is 10.6 Å². The number of rotatable bonds is 4. The summed E-state index contributed by atoms with van der Waals surface area (Å²) in [5.41, 5.74) is 0. The van der Waals surface area contributed by atoms with Crippen molar-refractivity contribution >= 4 is 11.7 Å². The number of aliphatic imine (C=N–C) groups is 2. The molecule has 0 aliphatic rings. The fourth-order valence-corrected chi connectivity index (χ4v) is 1.68. The van der Waals surface area contributed by atoms with Gasteiger partial charge in [-0.05, 0) is 69.2 Å². The zero-order chi connectivity index (χ0) is 16.3. The van der Waals surface area contributed by atoms with Crippen molar-refractivity contribution in [3.05, 3.63) is 0 Å². The van der Waals surface area contributed by atoms with Gasteiger partial charge in [-0.25, -0.2) is 0 Å². The van der Waals surface area contributed by atoms with Crippen molar-refractivity contribution in [2.75, 3.05) is 0 Å². The van der Waals surface area contributed by atoms with Gasteiger partial charge in [-0.3, -0.25) is 9.98 Å². The van der Waals surface area contributed by atoms with Crippen LogP contribution in [0.1, 0.15) is 69.2 Å². The van der Waals surface area contributed by atoms with E-state index in [4.69, 9.17) is 0 Å². The molecule has 0 aliphatic heterocycles. The van der Waals surface area contributed by atoms with E-state index in [1.165, 1.54) is 0 Å². The van der Waals surface area contributed by atoms with Gasteiger partial charge in [0.05, 0.1) is 11.7 Å². The Morgan fingerprint density at radius 3 is 1.00 bits per heavy atom. The van der Waals surface area contributed by atoms with Gasteiger partial charge in [-0.1, -0.05) is 0 Å². The van der Waals surface area contributed by atoms with Crippen LogP contribution in [-0.4, -0.2) is 35.8 Å². The van der Waals surface area contributed by atoms with Crippen LogP contribution in [-0.2, 0) is 16.5 Å². The first-order chi connectivity index (χ1) is 9.04. The number of nitrogens with zero attached hydrogens (tertiary/aromatic N) is 2. The van der Waals surface area contributed by atoms with Crippen LogP contribution >= 0.6 is 0 Å². The van der Waals surface area contributed by atoms with E-state index in [0.717, 1.165) is 11.7 Å². The summed E-state index contributed by atoms with van der Waals surface area (Å²) in [4.78, 5) is 8.65. The van der Waals surface area contributed by atoms with E-state index in [1.807, 2.05) is 13.8 Å². The molecule has 0 radical (unpaired) electrons. The third-order valence-electron chi connectivity index (χ3n) is 1.90. The molecule has 5 heteroatoms. The SMILES string of the molecule is CC(=NC(C)C)NC(C)C.CC(=NC(C)C)NC(C)C.[Ni]. The van der Waals surface area contributed by atoms with Crippen molar-refractivity contribution in [2.24, 2.45) is 9.98 Å². The predicted molar refractivity (Wildman–Crippen MR) is 93.0 cm³/mol. The van der Waals surface area contributed by atoms with Crippen LogP contribution in [0.5, 0.6) is 0 Å². The van der Waals surface area contributed by atoms with E-state index in [-0.39, 0.29) is 16.5 Å². The van der Waals surface area contributed by atoms with Crippen molar-refractivity contribution < 1.29 is 16.5 Å². The molecule has 0 aromatic carbocycles. The summed E-state index contributed by atoms with van der Waals surface area (Å²) in [6.07, 6.45) is 0. The summed E-state index contributed by atoms with van der Waals surface area (Å²) in [6, 6.07) is 1.77. The van der Waals surface area contributed by atoms with Gasteiger partial charge in [0.25, 0.3) is 0 Å². The average Bonchev–Trinajstić information content (AvgIpc) is 2.11. The van der Waals surface area contributed by atoms with Crippen LogP contribution in [0.15, 0.2) is 9.98 Å². The van der Waals surface area contributed by atoms with Gasteiger partial charge in [0, 0.05) is 40.7 Å². The second kappa shape index (κ2) is 14.4. The molecule has 0 aliphatic carbocycles. The Labute approximate surface area is 142 Å². The van der Waals surface area contributed by atoms with E-state index in [1.54, 1.807) is 0 Å². The van der Waals surface area contributed by atoms with Crippen molar-refractivity contribution in [2.45, 2.75) is 93.4 Å². The Morgan fingerprint density at radius 2 is 0.857 bits per heavy atom. The van der Waals surface area contributed by atoms with Crippen LogP contribution in [0.25, 0.3) is 0 Å². The van der Waals surface area contributed by atoms with Gasteiger partial charge in [-0.15, -0.1) is 0 Å². The molecule has 0 saturated heterocycles. The van der Waals surface area contributed by atoms with Gasteiger partial charge in [0.2, 0.25) is 0 Å². The first-order valence-electron chi connectivity index (χ1n) is 7.66. The summed E-state index contributed by atoms with van der Waals surface area (Å²) in [6.45, 7) is 20.7. The third kappa shape index (κ3) is 24.8. The van der Waals surface area contributed by atoms with Crippen LogP contribution < -0.4 is 10.6 Å². The summed E-state index contributed by atoms with van der Waals surface area (Å²) in [7, 11) is 0. The zero-order valence-electron chi connectivity index (χ0n) is 15.5. The second-order valence-corrected chi connectivity index (χ2v) is 6.21. The first kappa shape index (κ1) is 25.4. The van der Waals surface area contributed by atoms with E-state index in [2.05, 4.69) is 76.0 Å². The molecule has 0 amide bonds. The summed E-state index contributed by atoms with van der Waals surface area (Å²) >= 11 is 0. The van der Waals surface area contributed by atoms with Crippen molar-refractivity contribution in [3.8, 4) is 0 Å². The molecule has 4 nitrogen and oxygen atoms in total. The van der Waals surface area contributed by atoms with E-state index >= 15 is 0 Å². The smallest absolute Gasteiger partial charge is 0.0936 e. The van der Waals surface area contributed by atoms with Crippen molar-refractivity contribution in [1.29, 1.82) is 0 Å². The maximum atomic E-state index is 4.32. The van der Waals surface area contributed by atoms with Gasteiger partial charge in [0.15, 0.2) is 0 Å². The Hall–Kier alpha value is -0.566. The largest absolute Gasteiger partial charge is 0.372 e. The Bertz CT molecular complexity index is 265. The molecule has 21 heavy (non-hydrogen) atoms. The van der Waals surface area contributed by atoms with Gasteiger partial charge in [0.1, 0.15) is 0 Å². The number of hydrogen-bond donors (Lipinski definition) is 2. The maximum absolute atomic E-state index is 4.32. The molecular formula is C16H36N4Ni. The fraction of sp³-hybridized carbons (Fsp3) is 0.875. The molecule has 0 bridgehead atoms.